The maximum absolute atomic E-state index is 12.8. The second kappa shape index (κ2) is 9.70. The quantitative estimate of drug-likeness (QED) is 0.561. The lowest BCUT2D eigenvalue weighted by atomic mass is 10.1. The van der Waals surface area contributed by atoms with E-state index in [2.05, 4.69) is 10.4 Å². The third kappa shape index (κ3) is 5.27. The summed E-state index contributed by atoms with van der Waals surface area (Å²) in [6.07, 6.45) is 0. The van der Waals surface area contributed by atoms with Crippen molar-refractivity contribution < 1.29 is 14.3 Å². The summed E-state index contributed by atoms with van der Waals surface area (Å²) in [4.78, 5) is 25.1. The zero-order chi connectivity index (χ0) is 22.5. The van der Waals surface area contributed by atoms with Gasteiger partial charge in [0.2, 0.25) is 5.91 Å². The number of carbonyl (C=O) groups excluding carboxylic acids is 1. The van der Waals surface area contributed by atoms with Crippen LogP contribution < -0.4 is 20.3 Å². The number of anilines is 1. The molecule has 0 aliphatic carbocycles. The zero-order valence-corrected chi connectivity index (χ0v) is 18.9. The van der Waals surface area contributed by atoms with Crippen LogP contribution in [0.2, 0.25) is 0 Å². The first-order valence-corrected chi connectivity index (χ1v) is 10.6. The maximum Gasteiger partial charge on any atom is 0.271 e. The Bertz CT molecular complexity index is 1160. The Morgan fingerprint density at radius 1 is 1.03 bits per heavy atom. The summed E-state index contributed by atoms with van der Waals surface area (Å²) in [6.45, 7) is 5.78. The summed E-state index contributed by atoms with van der Waals surface area (Å²) in [6, 6.07) is 14.0. The van der Waals surface area contributed by atoms with Crippen molar-refractivity contribution >= 4 is 23.4 Å². The van der Waals surface area contributed by atoms with Gasteiger partial charge in [0.25, 0.3) is 5.56 Å². The number of hydrogen-bond donors (Lipinski definition) is 1. The Morgan fingerprint density at radius 3 is 2.48 bits per heavy atom. The van der Waals surface area contributed by atoms with Crippen molar-refractivity contribution in [1.29, 1.82) is 0 Å². The predicted molar refractivity (Wildman–Crippen MR) is 123 cm³/mol. The van der Waals surface area contributed by atoms with E-state index >= 15 is 0 Å². The number of amides is 1. The molecule has 1 N–H and O–H groups in total. The van der Waals surface area contributed by atoms with Gasteiger partial charge in [-0.2, -0.15) is 9.78 Å². The van der Waals surface area contributed by atoms with Crippen LogP contribution >= 0.6 is 11.8 Å². The van der Waals surface area contributed by atoms with Crippen molar-refractivity contribution in [2.24, 2.45) is 0 Å². The number of nitrogens with zero attached hydrogens (tertiary/aromatic N) is 2. The smallest absolute Gasteiger partial charge is 0.271 e. The molecule has 7 nitrogen and oxygen atoms in total. The number of rotatable bonds is 7. The van der Waals surface area contributed by atoms with Gasteiger partial charge in [-0.15, -0.1) is 0 Å². The average molecular weight is 440 g/mol. The highest BCUT2D eigenvalue weighted by Crippen LogP contribution is 2.30. The molecule has 162 valence electrons. The van der Waals surface area contributed by atoms with Gasteiger partial charge in [0.15, 0.2) is 0 Å². The molecule has 1 amide bonds. The molecule has 3 rings (SSSR count). The molecule has 0 unspecified atom stereocenters. The molecule has 8 heteroatoms. The summed E-state index contributed by atoms with van der Waals surface area (Å²) in [5.74, 6) is 0.925. The maximum atomic E-state index is 12.8. The van der Waals surface area contributed by atoms with E-state index in [1.807, 2.05) is 32.0 Å². The van der Waals surface area contributed by atoms with Gasteiger partial charge in [-0.1, -0.05) is 17.8 Å². The van der Waals surface area contributed by atoms with Crippen molar-refractivity contribution in [3.63, 3.8) is 0 Å². The van der Waals surface area contributed by atoms with Crippen LogP contribution in [0.15, 0.2) is 58.4 Å². The third-order valence-corrected chi connectivity index (χ3v) is 5.87. The Morgan fingerprint density at radius 2 is 1.81 bits per heavy atom. The topological polar surface area (TPSA) is 82.5 Å². The molecular weight excluding hydrogens is 414 g/mol. The van der Waals surface area contributed by atoms with Crippen LogP contribution in [0.3, 0.4) is 0 Å². The van der Waals surface area contributed by atoms with Gasteiger partial charge in [0.1, 0.15) is 16.5 Å². The number of carbonyl (C=O) groups is 1. The Kier molecular flexibility index (Phi) is 7.02. The number of thioether (sulfide) groups is 1. The van der Waals surface area contributed by atoms with Crippen LogP contribution in [0.5, 0.6) is 11.5 Å². The van der Waals surface area contributed by atoms with Gasteiger partial charge in [0, 0.05) is 12.1 Å². The number of aryl methyl sites for hydroxylation is 2. The van der Waals surface area contributed by atoms with Crippen molar-refractivity contribution in [1.82, 2.24) is 9.78 Å². The molecule has 1 heterocycles. The minimum absolute atomic E-state index is 0.220. The van der Waals surface area contributed by atoms with E-state index in [1.165, 1.54) is 29.6 Å². The van der Waals surface area contributed by atoms with E-state index in [0.29, 0.717) is 27.9 Å². The molecule has 0 spiro atoms. The fraction of sp³-hybridized carbons (Fsp3) is 0.261. The number of aromatic nitrogens is 2. The van der Waals surface area contributed by atoms with Gasteiger partial charge in [0.05, 0.1) is 30.8 Å². The van der Waals surface area contributed by atoms with Gasteiger partial charge in [-0.25, -0.2) is 0 Å². The first-order chi connectivity index (χ1) is 14.8. The Labute approximate surface area is 185 Å². The lowest BCUT2D eigenvalue weighted by molar-refractivity contribution is -0.115. The lowest BCUT2D eigenvalue weighted by Gasteiger charge is -2.15. The van der Waals surface area contributed by atoms with Crippen molar-refractivity contribution in [3.05, 3.63) is 70.0 Å². The first kappa shape index (κ1) is 22.4. The number of benzene rings is 2. The molecule has 1 atom stereocenters. The number of methoxy groups -OCH3 is 2. The lowest BCUT2D eigenvalue weighted by Crippen LogP contribution is -2.24. The van der Waals surface area contributed by atoms with E-state index in [-0.39, 0.29) is 11.5 Å². The van der Waals surface area contributed by atoms with E-state index < -0.39 is 5.25 Å². The molecule has 0 bridgehead atoms. The molecule has 3 aromatic rings. The fourth-order valence-electron chi connectivity index (χ4n) is 2.88. The van der Waals surface area contributed by atoms with E-state index in [9.17, 15) is 9.59 Å². The van der Waals surface area contributed by atoms with Crippen molar-refractivity contribution in [2.45, 2.75) is 31.0 Å². The SMILES string of the molecule is COc1ccc(OC)c(NC(=O)[C@@H](C)Sc2ccc(=O)n(-c3ccc(C)c(C)c3)n2)c1. The van der Waals surface area contributed by atoms with Gasteiger partial charge in [-0.05, 0) is 62.2 Å². The van der Waals surface area contributed by atoms with E-state index in [0.717, 1.165) is 11.1 Å². The standard InChI is InChI=1S/C23H25N3O4S/c1-14-6-7-17(12-15(14)2)26-22(27)11-10-21(25-26)31-16(3)23(28)24-19-13-18(29-4)8-9-20(19)30-5/h6-13,16H,1-5H3,(H,24,28)/t16-/m1/s1. The van der Waals surface area contributed by atoms with Gasteiger partial charge < -0.3 is 14.8 Å². The minimum Gasteiger partial charge on any atom is -0.497 e. The number of hydrogen-bond acceptors (Lipinski definition) is 6. The van der Waals surface area contributed by atoms with Crippen LogP contribution in [0.25, 0.3) is 5.69 Å². The molecule has 0 radical (unpaired) electrons. The highest BCUT2D eigenvalue weighted by Gasteiger charge is 2.18. The van der Waals surface area contributed by atoms with Crippen LogP contribution in [-0.2, 0) is 4.79 Å². The molecule has 0 aliphatic heterocycles. The largest absolute Gasteiger partial charge is 0.497 e. The summed E-state index contributed by atoms with van der Waals surface area (Å²) >= 11 is 1.26. The molecule has 31 heavy (non-hydrogen) atoms. The van der Waals surface area contributed by atoms with Gasteiger partial charge in [-0.3, -0.25) is 9.59 Å². The van der Waals surface area contributed by atoms with Crippen LogP contribution in [0.1, 0.15) is 18.1 Å². The molecule has 1 aromatic heterocycles. The summed E-state index contributed by atoms with van der Waals surface area (Å²) < 4.78 is 11.9. The number of ether oxygens (including phenoxy) is 2. The summed E-state index contributed by atoms with van der Waals surface area (Å²) in [5, 5.41) is 7.42. The molecule has 0 aliphatic rings. The summed E-state index contributed by atoms with van der Waals surface area (Å²) in [7, 11) is 3.09. The second-order valence-electron chi connectivity index (χ2n) is 7.01. The fourth-order valence-corrected chi connectivity index (χ4v) is 3.68. The van der Waals surface area contributed by atoms with Crippen LogP contribution in [0, 0.1) is 13.8 Å². The molecule has 0 fully saturated rings. The Hall–Kier alpha value is -3.26. The highest BCUT2D eigenvalue weighted by molar-refractivity contribution is 8.00. The first-order valence-electron chi connectivity index (χ1n) is 9.70. The normalized spacial score (nSPS) is 11.6. The van der Waals surface area contributed by atoms with Gasteiger partial charge >= 0.3 is 0 Å². The number of nitrogens with one attached hydrogen (secondary N) is 1. The molecular formula is C23H25N3O4S. The molecule has 2 aromatic carbocycles. The summed E-state index contributed by atoms with van der Waals surface area (Å²) in [5.41, 5.74) is 3.19. The highest BCUT2D eigenvalue weighted by atomic mass is 32.2. The zero-order valence-electron chi connectivity index (χ0n) is 18.1. The minimum atomic E-state index is -0.464. The van der Waals surface area contributed by atoms with Crippen LogP contribution in [0.4, 0.5) is 5.69 Å². The molecule has 0 saturated heterocycles. The monoisotopic (exact) mass is 439 g/mol. The van der Waals surface area contributed by atoms with Crippen molar-refractivity contribution in [2.75, 3.05) is 19.5 Å². The average Bonchev–Trinajstić information content (AvgIpc) is 2.76. The predicted octanol–water partition coefficient (Wildman–Crippen LogP) is 3.99. The van der Waals surface area contributed by atoms with E-state index in [4.69, 9.17) is 9.47 Å². The second-order valence-corrected chi connectivity index (χ2v) is 8.37. The third-order valence-electron chi connectivity index (χ3n) is 4.84. The van der Waals surface area contributed by atoms with Crippen molar-refractivity contribution in [3.8, 4) is 17.2 Å². The van der Waals surface area contributed by atoms with Crippen LogP contribution in [-0.4, -0.2) is 35.2 Å². The van der Waals surface area contributed by atoms with E-state index in [1.54, 1.807) is 38.3 Å². The molecule has 0 saturated carbocycles. The Balaban J connectivity index is 1.79.